The van der Waals surface area contributed by atoms with Crippen LogP contribution in [0, 0.1) is 17.2 Å². The lowest BCUT2D eigenvalue weighted by atomic mass is 9.96. The van der Waals surface area contributed by atoms with Gasteiger partial charge >= 0.3 is 17.9 Å². The average molecular weight is 1650 g/mol. The number of carbonyl (C=O) groups is 17. The van der Waals surface area contributed by atoms with Gasteiger partial charge in [-0.2, -0.15) is 0 Å². The van der Waals surface area contributed by atoms with Gasteiger partial charge in [0.05, 0.1) is 12.5 Å². The van der Waals surface area contributed by atoms with Crippen molar-refractivity contribution in [3.8, 4) is 0 Å². The van der Waals surface area contributed by atoms with E-state index in [0.29, 0.717) is 57.1 Å². The highest BCUT2D eigenvalue weighted by Crippen LogP contribution is 2.26. The molecule has 3 saturated heterocycles. The van der Waals surface area contributed by atoms with E-state index >= 15 is 0 Å². The number of rotatable bonds is 51. The lowest BCUT2D eigenvalue weighted by molar-refractivity contribution is -0.146. The van der Waals surface area contributed by atoms with Crippen LogP contribution in [-0.4, -0.2) is 243 Å². The number of nitrogens with two attached hydrogens (primary N) is 1. The Morgan fingerprint density at radius 1 is 0.475 bits per heavy atom. The Bertz CT molecular complexity index is 3900. The van der Waals surface area contributed by atoms with Crippen LogP contribution in [0.25, 0.3) is 0 Å². The molecule has 0 radical (unpaired) electrons. The topological polar surface area (TPSA) is 543 Å². The van der Waals surface area contributed by atoms with Crippen LogP contribution in [0.5, 0.6) is 0 Å². The number of benzene rings is 2. The second-order valence-corrected chi connectivity index (χ2v) is 30.0. The molecule has 36 nitrogen and oxygen atoms in total. The monoisotopic (exact) mass is 1650 g/mol. The van der Waals surface area contributed by atoms with E-state index in [1.165, 1.54) is 39.9 Å². The van der Waals surface area contributed by atoms with Gasteiger partial charge in [-0.3, -0.25) is 82.1 Å². The Morgan fingerprint density at radius 2 is 0.932 bits per heavy atom. The van der Waals surface area contributed by atoms with Crippen LogP contribution in [0.15, 0.2) is 97.1 Å². The van der Waals surface area contributed by atoms with E-state index in [1.807, 2.05) is 44.2 Å². The predicted octanol–water partition coefficient (Wildman–Crippen LogP) is 0.955. The van der Waals surface area contributed by atoms with Gasteiger partial charge < -0.3 is 94.2 Å². The number of Topliss-reactive ketones (excluding diaryl/α,β-unsaturated/α-hetero) is 1. The fourth-order valence-electron chi connectivity index (χ4n) is 13.9. The van der Waals surface area contributed by atoms with Crippen LogP contribution in [0.3, 0.4) is 0 Å². The first-order valence-electron chi connectivity index (χ1n) is 40.4. The third-order valence-corrected chi connectivity index (χ3v) is 20.2. The van der Waals surface area contributed by atoms with Crippen LogP contribution in [0.2, 0.25) is 0 Å². The van der Waals surface area contributed by atoms with Gasteiger partial charge in [-0.25, -0.2) is 4.79 Å². The summed E-state index contributed by atoms with van der Waals surface area (Å²) in [5, 5.41) is 66.0. The number of hydrogen-bond acceptors (Lipinski definition) is 18. The molecular formula is C82H118N16O20. The third-order valence-electron chi connectivity index (χ3n) is 20.2. The molecule has 0 saturated carbocycles. The molecule has 118 heavy (non-hydrogen) atoms. The summed E-state index contributed by atoms with van der Waals surface area (Å²) < 4.78 is 0. The largest absolute Gasteiger partial charge is 0.481 e. The van der Waals surface area contributed by atoms with E-state index in [0.717, 1.165) is 5.56 Å². The molecule has 0 spiro atoms. The molecule has 0 aromatic heterocycles. The zero-order valence-electron chi connectivity index (χ0n) is 67.9. The summed E-state index contributed by atoms with van der Waals surface area (Å²) in [4.78, 5) is 230. The highest BCUT2D eigenvalue weighted by molar-refractivity contribution is 6.00. The second kappa shape index (κ2) is 51.2. The number of carboxylic acids is 3. The van der Waals surface area contributed by atoms with Gasteiger partial charge in [-0.1, -0.05) is 131 Å². The molecule has 3 aliphatic rings. The highest BCUT2D eigenvalue weighted by atomic mass is 16.4. The molecule has 0 bridgehead atoms. The van der Waals surface area contributed by atoms with Crippen LogP contribution < -0.4 is 64.2 Å². The standard InChI is InChI=1S/C82H118N16O20/c1-6-52(4)72(80(116)98-46-24-31-63(98)76(112)94-61(81(117)118)47-51(2)3)95-77(113)64-32-23-44-96(64)78(114)57(38-39-70(105)106)92-73(109)58(48-54-25-9-7-10-26-54)93-74(110)59(50-71(107)108)90-69(104)37-17-20-42-87-68(103)36-16-19-41-86-67(102)35-15-18-40-85-66(101)34-14-13-33-65(100)56(29-21-43-88-82(83)84)91-75(111)62-30-22-45-97(62)79(115)60(89-53(5)99)49-55-27-11-8-12-28-55/h7-12,15-20,25-28,51-52,56-64,72H,6,13-14,21-24,29-50H2,1-5H3,(H,85,101)(H,86,102)(H,87,103)(H,89,99)(H,90,104)(H,91,111)(H,92,109)(H,93,110)(H,94,112)(H,95,113)(H,105,106)(H,107,108)(H,117,118)(H4,83,84,88)/b18-15+,19-16+,20-17+/t52-,56?,57-,58-,59-,60-,61-,62-,63-,64-,72-/m0/s1. The first-order valence-corrected chi connectivity index (χ1v) is 40.4. The molecule has 11 atom stereocenters. The number of amides is 13. The SMILES string of the molecule is CC[C@H](C)[C@H](NC(=O)[C@@H]1CCCN1C(=O)[C@H](CCC(=O)O)NC(=O)[C@H](Cc1ccccc1)NC(=O)[C@H](CC(=O)O)NC(=O)C/C=C/CNC(=O)C/C=C/CNC(=O)C/C=C/CNC(=O)CCCCC(=O)C(CCCNC(=N)N)NC(=O)[C@@H]1CCCN1C(=O)[C@H](Cc1ccccc1)NC(C)=O)C(=O)N1CCC[C@H]1C(=O)N[C@@H](CC(C)C)C(=O)O. The van der Waals surface area contributed by atoms with Crippen molar-refractivity contribution in [3.63, 3.8) is 0 Å². The summed E-state index contributed by atoms with van der Waals surface area (Å²) in [5.74, 6) is -13.2. The maximum absolute atomic E-state index is 14.6. The van der Waals surface area contributed by atoms with E-state index in [1.54, 1.807) is 62.4 Å². The molecule has 1 unspecified atom stereocenters. The first kappa shape index (κ1) is 96.7. The Morgan fingerprint density at radius 3 is 1.42 bits per heavy atom. The zero-order chi connectivity index (χ0) is 86.8. The van der Waals surface area contributed by atoms with Crippen molar-refractivity contribution in [2.75, 3.05) is 45.8 Å². The van der Waals surface area contributed by atoms with Crippen molar-refractivity contribution >= 4 is 106 Å². The molecule has 0 aliphatic carbocycles. The quantitative estimate of drug-likeness (QED) is 0.0190. The van der Waals surface area contributed by atoms with Gasteiger partial charge in [0.25, 0.3) is 0 Å². The number of carboxylic acid groups (broad SMARTS) is 3. The number of nitrogens with one attached hydrogen (secondary N) is 12. The maximum atomic E-state index is 14.6. The van der Waals surface area contributed by atoms with E-state index in [-0.39, 0.29) is 146 Å². The summed E-state index contributed by atoms with van der Waals surface area (Å²) in [6.45, 7) is 9.34. The molecule has 5 rings (SSSR count). The van der Waals surface area contributed by atoms with Crippen LogP contribution in [-0.2, 0) is 94.3 Å². The minimum atomic E-state index is -1.75. The molecule has 2 aromatic rings. The van der Waals surface area contributed by atoms with Crippen molar-refractivity contribution in [3.05, 3.63) is 108 Å². The molecule has 646 valence electrons. The Kier molecular flexibility index (Phi) is 42.0. The van der Waals surface area contributed by atoms with Crippen molar-refractivity contribution in [2.24, 2.45) is 17.6 Å². The van der Waals surface area contributed by atoms with Crippen LogP contribution in [0.1, 0.15) is 174 Å². The third kappa shape index (κ3) is 34.5. The lowest BCUT2D eigenvalue weighted by Crippen LogP contribution is -2.60. The minimum absolute atomic E-state index is 0.0130. The van der Waals surface area contributed by atoms with Gasteiger partial charge in [0.2, 0.25) is 76.8 Å². The van der Waals surface area contributed by atoms with Crippen molar-refractivity contribution < 1.29 is 96.8 Å². The second-order valence-electron chi connectivity index (χ2n) is 30.0. The van der Waals surface area contributed by atoms with E-state index in [2.05, 4.69) is 58.5 Å². The molecule has 3 aliphatic heterocycles. The molecule has 36 heteroatoms. The number of carbonyl (C=O) groups excluding carboxylic acids is 14. The number of ketones is 1. The molecule has 13 amide bonds. The van der Waals surface area contributed by atoms with E-state index < -0.39 is 168 Å². The lowest BCUT2D eigenvalue weighted by Gasteiger charge is -2.34. The summed E-state index contributed by atoms with van der Waals surface area (Å²) in [6, 6.07) is 5.18. The summed E-state index contributed by atoms with van der Waals surface area (Å²) in [7, 11) is 0. The van der Waals surface area contributed by atoms with E-state index in [4.69, 9.17) is 11.1 Å². The Balaban J connectivity index is 1.04. The molecule has 3 fully saturated rings. The van der Waals surface area contributed by atoms with Gasteiger partial charge in [-0.15, -0.1) is 0 Å². The number of hydrogen-bond donors (Lipinski definition) is 16. The van der Waals surface area contributed by atoms with Crippen LogP contribution in [0.4, 0.5) is 0 Å². The summed E-state index contributed by atoms with van der Waals surface area (Å²) in [5.41, 5.74) is 6.75. The van der Waals surface area contributed by atoms with Crippen molar-refractivity contribution in [1.82, 2.24) is 73.2 Å². The number of unbranched alkanes of at least 4 members (excludes halogenated alkanes) is 1. The van der Waals surface area contributed by atoms with Crippen molar-refractivity contribution in [2.45, 2.75) is 236 Å². The minimum Gasteiger partial charge on any atom is -0.481 e. The fraction of sp³-hybridized carbons (Fsp3) is 0.561. The molecule has 3 heterocycles. The molecule has 17 N–H and O–H groups in total. The number of likely N-dealkylation sites (tertiary alicyclic amines) is 3. The van der Waals surface area contributed by atoms with Crippen molar-refractivity contribution in [1.29, 1.82) is 5.41 Å². The van der Waals surface area contributed by atoms with E-state index in [9.17, 15) is 96.8 Å². The normalized spacial score (nSPS) is 17.2. The maximum Gasteiger partial charge on any atom is 0.326 e. The number of nitrogens with zero attached hydrogens (tertiary/aromatic N) is 3. The first-order chi connectivity index (χ1) is 56.3. The smallest absolute Gasteiger partial charge is 0.326 e. The van der Waals surface area contributed by atoms with Gasteiger partial charge in [0.15, 0.2) is 11.7 Å². The van der Waals surface area contributed by atoms with Gasteiger partial charge in [0.1, 0.15) is 54.4 Å². The fourth-order valence-corrected chi connectivity index (χ4v) is 13.9. The summed E-state index contributed by atoms with van der Waals surface area (Å²) >= 11 is 0. The number of guanidine groups is 1. The number of aliphatic carboxylic acids is 3. The average Bonchev–Trinajstić information content (AvgIpc) is 1.68. The van der Waals surface area contributed by atoms with Gasteiger partial charge in [-0.05, 0) is 100 Å². The van der Waals surface area contributed by atoms with Crippen LogP contribution >= 0.6 is 0 Å². The zero-order valence-corrected chi connectivity index (χ0v) is 67.9. The Hall–Kier alpha value is -11.9. The molecule has 2 aromatic carbocycles. The van der Waals surface area contributed by atoms with Gasteiger partial charge in [0, 0.05) is 104 Å². The predicted molar refractivity (Wildman–Crippen MR) is 432 cm³/mol. The Labute approximate surface area is 686 Å². The highest BCUT2D eigenvalue weighted by Gasteiger charge is 2.45. The summed E-state index contributed by atoms with van der Waals surface area (Å²) in [6.07, 6.45) is 10.5. The molecular weight excluding hydrogens is 1530 g/mol.